The normalized spacial score (nSPS) is 11.2. The molecule has 0 saturated carbocycles. The quantitative estimate of drug-likeness (QED) is 0.511. The maximum atomic E-state index is 12.6. The van der Waals surface area contributed by atoms with Gasteiger partial charge in [0.05, 0.1) is 0 Å². The van der Waals surface area contributed by atoms with Gasteiger partial charge in [-0.3, -0.25) is 4.79 Å². The van der Waals surface area contributed by atoms with Crippen molar-refractivity contribution in [2.75, 3.05) is 7.05 Å². The van der Waals surface area contributed by atoms with Crippen LogP contribution < -0.4 is 9.47 Å². The highest BCUT2D eigenvalue weighted by Crippen LogP contribution is 2.27. The second-order valence-corrected chi connectivity index (χ2v) is 7.49. The molecular formula is C21H19F3N2O3S. The van der Waals surface area contributed by atoms with E-state index in [1.807, 2.05) is 31.2 Å². The van der Waals surface area contributed by atoms with E-state index in [2.05, 4.69) is 9.72 Å². The maximum absolute atomic E-state index is 12.6. The number of halogens is 3. The summed E-state index contributed by atoms with van der Waals surface area (Å²) in [4.78, 5) is 18.2. The van der Waals surface area contributed by atoms with Crippen molar-refractivity contribution in [3.63, 3.8) is 0 Å². The number of rotatable bonds is 7. The number of thiazole rings is 1. The van der Waals surface area contributed by atoms with Crippen LogP contribution in [-0.4, -0.2) is 29.2 Å². The zero-order valence-electron chi connectivity index (χ0n) is 16.3. The largest absolute Gasteiger partial charge is 0.573 e. The highest BCUT2D eigenvalue weighted by molar-refractivity contribution is 7.09. The number of benzene rings is 2. The Balaban J connectivity index is 1.62. The van der Waals surface area contributed by atoms with E-state index >= 15 is 0 Å². The average molecular weight is 436 g/mol. The Morgan fingerprint density at radius 1 is 1.13 bits per heavy atom. The average Bonchev–Trinajstić information content (AvgIpc) is 3.16. The molecule has 0 N–H and O–H groups in total. The molecule has 0 aliphatic carbocycles. The number of aryl methyl sites for hydroxylation is 1. The molecule has 0 aliphatic rings. The van der Waals surface area contributed by atoms with Crippen molar-refractivity contribution >= 4 is 17.2 Å². The van der Waals surface area contributed by atoms with Gasteiger partial charge in [-0.25, -0.2) is 4.98 Å². The molecule has 5 nitrogen and oxygen atoms in total. The lowest BCUT2D eigenvalue weighted by atomic mass is 10.2. The van der Waals surface area contributed by atoms with Crippen LogP contribution in [-0.2, 0) is 13.2 Å². The Bertz CT molecular complexity index is 1000. The lowest BCUT2D eigenvalue weighted by Gasteiger charge is -2.19. The van der Waals surface area contributed by atoms with Gasteiger partial charge in [-0.2, -0.15) is 0 Å². The number of aromatic nitrogens is 1. The first kappa shape index (κ1) is 21.6. The molecule has 3 aromatic rings. The Morgan fingerprint density at radius 3 is 2.53 bits per heavy atom. The van der Waals surface area contributed by atoms with Gasteiger partial charge < -0.3 is 14.4 Å². The molecule has 0 bridgehead atoms. The predicted molar refractivity (Wildman–Crippen MR) is 107 cm³/mol. The fourth-order valence-corrected chi connectivity index (χ4v) is 3.32. The van der Waals surface area contributed by atoms with Crippen molar-refractivity contribution in [2.45, 2.75) is 26.4 Å². The second kappa shape index (κ2) is 9.17. The number of carbonyl (C=O) groups excluding carboxylic acids is 1. The van der Waals surface area contributed by atoms with E-state index in [0.29, 0.717) is 10.8 Å². The molecular weight excluding hydrogens is 417 g/mol. The zero-order valence-corrected chi connectivity index (χ0v) is 17.1. The molecule has 1 heterocycles. The number of hydrogen-bond donors (Lipinski definition) is 0. The number of nitrogens with zero attached hydrogens (tertiary/aromatic N) is 2. The van der Waals surface area contributed by atoms with Crippen molar-refractivity contribution in [2.24, 2.45) is 0 Å². The molecule has 0 atom stereocenters. The van der Waals surface area contributed by atoms with Crippen LogP contribution in [0.15, 0.2) is 53.9 Å². The minimum absolute atomic E-state index is 0.0577. The monoisotopic (exact) mass is 436 g/mol. The molecule has 30 heavy (non-hydrogen) atoms. The number of amides is 1. The van der Waals surface area contributed by atoms with Gasteiger partial charge in [-0.1, -0.05) is 35.9 Å². The van der Waals surface area contributed by atoms with Crippen molar-refractivity contribution in [1.29, 1.82) is 0 Å². The van der Waals surface area contributed by atoms with Crippen LogP contribution in [0.4, 0.5) is 13.2 Å². The number of para-hydroxylation sites is 1. The van der Waals surface area contributed by atoms with E-state index in [9.17, 15) is 18.0 Å². The minimum atomic E-state index is -4.81. The smallest absolute Gasteiger partial charge is 0.486 e. The summed E-state index contributed by atoms with van der Waals surface area (Å²) in [5.41, 5.74) is 1.57. The third kappa shape index (κ3) is 5.96. The van der Waals surface area contributed by atoms with Gasteiger partial charge in [0.15, 0.2) is 0 Å². The van der Waals surface area contributed by atoms with Crippen LogP contribution >= 0.6 is 11.3 Å². The summed E-state index contributed by atoms with van der Waals surface area (Å²) in [5.74, 6) is -0.0492. The molecule has 2 aromatic carbocycles. The third-order valence-electron chi connectivity index (χ3n) is 4.11. The maximum Gasteiger partial charge on any atom is 0.573 e. The van der Waals surface area contributed by atoms with Crippen LogP contribution in [0.1, 0.15) is 26.6 Å². The first-order valence-corrected chi connectivity index (χ1v) is 9.82. The van der Waals surface area contributed by atoms with Gasteiger partial charge in [0.2, 0.25) is 0 Å². The molecule has 0 spiro atoms. The molecule has 1 amide bonds. The summed E-state index contributed by atoms with van der Waals surface area (Å²) >= 11 is 1.28. The number of carbonyl (C=O) groups is 1. The van der Waals surface area contributed by atoms with Crippen molar-refractivity contribution in [3.8, 4) is 11.5 Å². The molecule has 0 unspecified atom stereocenters. The van der Waals surface area contributed by atoms with E-state index in [0.717, 1.165) is 5.56 Å². The number of alkyl halides is 3. The van der Waals surface area contributed by atoms with Crippen LogP contribution in [0.2, 0.25) is 0 Å². The van der Waals surface area contributed by atoms with E-state index in [-0.39, 0.29) is 30.2 Å². The Kier molecular flexibility index (Phi) is 6.61. The van der Waals surface area contributed by atoms with Crippen molar-refractivity contribution in [1.82, 2.24) is 9.88 Å². The van der Waals surface area contributed by atoms with E-state index in [1.165, 1.54) is 41.5 Å². The number of ether oxygens (including phenoxy) is 2. The van der Waals surface area contributed by atoms with Gasteiger partial charge in [0.25, 0.3) is 5.91 Å². The Labute approximate surface area is 175 Å². The van der Waals surface area contributed by atoms with Gasteiger partial charge in [-0.05, 0) is 25.1 Å². The summed E-state index contributed by atoms with van der Waals surface area (Å²) in [5, 5.41) is 2.22. The summed E-state index contributed by atoms with van der Waals surface area (Å²) < 4.78 is 47.4. The molecule has 0 aliphatic heterocycles. The molecule has 9 heteroatoms. The molecule has 158 valence electrons. The second-order valence-electron chi connectivity index (χ2n) is 6.54. The fraction of sp³-hybridized carbons (Fsp3) is 0.238. The number of hydrogen-bond acceptors (Lipinski definition) is 5. The van der Waals surface area contributed by atoms with Gasteiger partial charge in [-0.15, -0.1) is 24.5 Å². The highest BCUT2D eigenvalue weighted by atomic mass is 32.1. The van der Waals surface area contributed by atoms with Crippen LogP contribution in [0.25, 0.3) is 0 Å². The van der Waals surface area contributed by atoms with Gasteiger partial charge in [0, 0.05) is 24.5 Å². The summed E-state index contributed by atoms with van der Waals surface area (Å²) in [6.07, 6.45) is -4.81. The van der Waals surface area contributed by atoms with E-state index < -0.39 is 12.3 Å². The first-order chi connectivity index (χ1) is 14.2. The molecule has 0 fully saturated rings. The third-order valence-corrected chi connectivity index (χ3v) is 4.93. The van der Waals surface area contributed by atoms with Crippen LogP contribution in [0, 0.1) is 6.92 Å². The van der Waals surface area contributed by atoms with E-state index in [4.69, 9.17) is 4.74 Å². The Hall–Kier alpha value is -3.07. The van der Waals surface area contributed by atoms with Crippen molar-refractivity contribution < 1.29 is 27.4 Å². The molecule has 3 rings (SSSR count). The molecule has 0 radical (unpaired) electrons. The standard InChI is InChI=1S/C21H19F3N2O3S/c1-14-7-9-16(10-8-14)28-12-19-25-17(13-30-19)20(27)26(2)11-15-5-3-4-6-18(15)29-21(22,23)24/h3-10,13H,11-12H2,1-2H3. The highest BCUT2D eigenvalue weighted by Gasteiger charge is 2.32. The van der Waals surface area contributed by atoms with E-state index in [1.54, 1.807) is 11.4 Å². The van der Waals surface area contributed by atoms with Crippen LogP contribution in [0.3, 0.4) is 0 Å². The lowest BCUT2D eigenvalue weighted by Crippen LogP contribution is -2.27. The topological polar surface area (TPSA) is 51.7 Å². The van der Waals surface area contributed by atoms with Gasteiger partial charge >= 0.3 is 6.36 Å². The summed E-state index contributed by atoms with van der Waals surface area (Å²) in [6.45, 7) is 2.14. The minimum Gasteiger partial charge on any atom is -0.486 e. The molecule has 1 aromatic heterocycles. The summed E-state index contributed by atoms with van der Waals surface area (Å²) in [7, 11) is 1.49. The zero-order chi connectivity index (χ0) is 21.7. The first-order valence-electron chi connectivity index (χ1n) is 8.94. The SMILES string of the molecule is Cc1ccc(OCc2nc(C(=O)N(C)Cc3ccccc3OC(F)(F)F)cs2)cc1. The van der Waals surface area contributed by atoms with Crippen molar-refractivity contribution in [3.05, 3.63) is 75.7 Å². The summed E-state index contributed by atoms with van der Waals surface area (Å²) in [6, 6.07) is 13.3. The Morgan fingerprint density at radius 2 is 1.83 bits per heavy atom. The predicted octanol–water partition coefficient (Wildman–Crippen LogP) is 5.20. The lowest BCUT2D eigenvalue weighted by molar-refractivity contribution is -0.275. The van der Waals surface area contributed by atoms with Gasteiger partial charge in [0.1, 0.15) is 28.8 Å². The molecule has 0 saturated heterocycles. The fourth-order valence-electron chi connectivity index (χ4n) is 2.64. The van der Waals surface area contributed by atoms with Crippen LogP contribution in [0.5, 0.6) is 11.5 Å².